The summed E-state index contributed by atoms with van der Waals surface area (Å²) in [5.74, 6) is 1.12. The highest BCUT2D eigenvalue weighted by Crippen LogP contribution is 2.44. The second-order valence-corrected chi connectivity index (χ2v) is 10.1. The van der Waals surface area contributed by atoms with Crippen LogP contribution in [0.3, 0.4) is 0 Å². The Morgan fingerprint density at radius 3 is 2.47 bits per heavy atom. The van der Waals surface area contributed by atoms with Crippen LogP contribution in [0.2, 0.25) is 0 Å². The van der Waals surface area contributed by atoms with Crippen LogP contribution in [-0.4, -0.2) is 11.0 Å². The summed E-state index contributed by atoms with van der Waals surface area (Å²) in [6.07, 6.45) is 8.46. The molecule has 0 saturated carbocycles. The van der Waals surface area contributed by atoms with E-state index in [1.165, 1.54) is 51.8 Å². The molecule has 1 N–H and O–H groups in total. The summed E-state index contributed by atoms with van der Waals surface area (Å²) < 4.78 is 0. The van der Waals surface area contributed by atoms with E-state index in [0.29, 0.717) is 17.8 Å². The highest BCUT2D eigenvalue weighted by molar-refractivity contribution is 7.80. The highest BCUT2D eigenvalue weighted by atomic mass is 32.1. The van der Waals surface area contributed by atoms with Gasteiger partial charge in [0.15, 0.2) is 0 Å². The zero-order valence-electron chi connectivity index (χ0n) is 20.5. The summed E-state index contributed by atoms with van der Waals surface area (Å²) in [5.41, 5.74) is 9.43. The molecule has 32 heavy (non-hydrogen) atoms. The smallest absolute Gasteiger partial charge is 0.0762 e. The van der Waals surface area contributed by atoms with Crippen LogP contribution in [0.25, 0.3) is 12.2 Å². The van der Waals surface area contributed by atoms with Gasteiger partial charge in [-0.2, -0.15) is 0 Å². The fourth-order valence-corrected chi connectivity index (χ4v) is 5.62. The van der Waals surface area contributed by atoms with Gasteiger partial charge in [-0.3, -0.25) is 0 Å². The minimum atomic E-state index is 0.259. The molecule has 1 heterocycles. The number of hydrogen-bond acceptors (Lipinski definition) is 1. The average molecular weight is 446 g/mol. The van der Waals surface area contributed by atoms with E-state index in [1.807, 2.05) is 12.2 Å². The zero-order chi connectivity index (χ0) is 23.4. The number of aryl methyl sites for hydroxylation is 2. The van der Waals surface area contributed by atoms with Crippen molar-refractivity contribution in [2.75, 3.05) is 0 Å². The van der Waals surface area contributed by atoms with Gasteiger partial charge in [-0.05, 0) is 83.5 Å². The topological polar surface area (TPSA) is 12.0 Å². The quantitative estimate of drug-likeness (QED) is 0.410. The van der Waals surface area contributed by atoms with Gasteiger partial charge < -0.3 is 5.32 Å². The fourth-order valence-electron chi connectivity index (χ4n) is 5.26. The molecule has 0 amide bonds. The maximum atomic E-state index is 5.71. The van der Waals surface area contributed by atoms with E-state index >= 15 is 0 Å². The van der Waals surface area contributed by atoms with Crippen LogP contribution < -0.4 is 5.32 Å². The number of hydrogen-bond donors (Lipinski definition) is 1. The lowest BCUT2D eigenvalue weighted by atomic mass is 9.71. The number of nitrogens with one attached hydrogen (secondary N) is 1. The zero-order valence-corrected chi connectivity index (χ0v) is 21.3. The summed E-state index contributed by atoms with van der Waals surface area (Å²) in [5, 5.41) is 3.59. The lowest BCUT2D eigenvalue weighted by molar-refractivity contribution is 0.417. The Kier molecular flexibility index (Phi) is 8.11. The van der Waals surface area contributed by atoms with E-state index in [2.05, 4.69) is 83.4 Å². The summed E-state index contributed by atoms with van der Waals surface area (Å²) in [6, 6.07) is 12.0. The van der Waals surface area contributed by atoms with Gasteiger partial charge in [-0.25, -0.2) is 0 Å². The van der Waals surface area contributed by atoms with E-state index in [1.54, 1.807) is 0 Å². The normalized spacial score (nSPS) is 20.8. The third-order valence-electron chi connectivity index (χ3n) is 7.08. The Bertz CT molecular complexity index is 1000. The number of piperidine rings is 1. The van der Waals surface area contributed by atoms with Crippen LogP contribution >= 0.6 is 12.2 Å². The summed E-state index contributed by atoms with van der Waals surface area (Å²) in [6.45, 7) is 19.5. The maximum absolute atomic E-state index is 5.71. The average Bonchev–Trinajstić information content (AvgIpc) is 2.77. The van der Waals surface area contributed by atoms with Crippen molar-refractivity contribution in [1.82, 2.24) is 5.32 Å². The van der Waals surface area contributed by atoms with E-state index in [9.17, 15) is 0 Å². The molecule has 2 aromatic rings. The van der Waals surface area contributed by atoms with E-state index in [4.69, 9.17) is 12.2 Å². The number of thiocarbonyl (C=S) groups is 1. The molecule has 0 bridgehead atoms. The lowest BCUT2D eigenvalue weighted by Gasteiger charge is -2.40. The molecule has 3 unspecified atom stereocenters. The summed E-state index contributed by atoms with van der Waals surface area (Å²) in [7, 11) is 0. The van der Waals surface area contributed by atoms with Gasteiger partial charge in [0.05, 0.1) is 4.99 Å². The van der Waals surface area contributed by atoms with Crippen LogP contribution in [0.1, 0.15) is 104 Å². The number of benzene rings is 2. The van der Waals surface area contributed by atoms with E-state index in [0.717, 1.165) is 17.8 Å². The molecule has 2 aromatic carbocycles. The van der Waals surface area contributed by atoms with Crippen molar-refractivity contribution in [2.24, 2.45) is 0 Å². The molecule has 1 saturated heterocycles. The van der Waals surface area contributed by atoms with Crippen molar-refractivity contribution in [1.29, 1.82) is 0 Å². The van der Waals surface area contributed by atoms with Crippen molar-refractivity contribution in [3.05, 3.63) is 82.4 Å². The Hall–Kier alpha value is -2.19. The third kappa shape index (κ3) is 5.07. The summed E-state index contributed by atoms with van der Waals surface area (Å²) >= 11 is 5.71. The SMILES string of the molecule is C=Cc1cc(C=C)c(C2C(C)NC(=S)CC2c2ccc(C)c(CCCC)c2)cc1C(C)C. The fraction of sp³-hybridized carbons (Fsp3) is 0.433. The lowest BCUT2D eigenvalue weighted by Crippen LogP contribution is -2.45. The van der Waals surface area contributed by atoms with Gasteiger partial charge in [-0.15, -0.1) is 0 Å². The second-order valence-electron chi connectivity index (χ2n) is 9.66. The molecule has 0 radical (unpaired) electrons. The molecule has 0 spiro atoms. The number of rotatable bonds is 8. The Morgan fingerprint density at radius 1 is 1.12 bits per heavy atom. The maximum Gasteiger partial charge on any atom is 0.0762 e. The van der Waals surface area contributed by atoms with Gasteiger partial charge in [0.1, 0.15) is 0 Å². The van der Waals surface area contributed by atoms with E-state index in [-0.39, 0.29) is 6.04 Å². The van der Waals surface area contributed by atoms with Crippen LogP contribution in [0.4, 0.5) is 0 Å². The molecule has 3 atom stereocenters. The van der Waals surface area contributed by atoms with Crippen LogP contribution in [0.5, 0.6) is 0 Å². The summed E-state index contributed by atoms with van der Waals surface area (Å²) in [4.78, 5) is 0.974. The molecule has 1 nitrogen and oxygen atoms in total. The first kappa shape index (κ1) is 24.5. The molecule has 170 valence electrons. The van der Waals surface area contributed by atoms with Crippen molar-refractivity contribution in [3.63, 3.8) is 0 Å². The second kappa shape index (κ2) is 10.6. The van der Waals surface area contributed by atoms with E-state index < -0.39 is 0 Å². The first-order valence-corrected chi connectivity index (χ1v) is 12.5. The van der Waals surface area contributed by atoms with Gasteiger partial charge in [-0.1, -0.05) is 89.0 Å². The van der Waals surface area contributed by atoms with Gasteiger partial charge in [0.2, 0.25) is 0 Å². The monoisotopic (exact) mass is 445 g/mol. The minimum absolute atomic E-state index is 0.259. The van der Waals surface area contributed by atoms with Crippen LogP contribution in [0, 0.1) is 6.92 Å². The van der Waals surface area contributed by atoms with Gasteiger partial charge in [0.25, 0.3) is 0 Å². The minimum Gasteiger partial charge on any atom is -0.377 e. The molecule has 1 fully saturated rings. The van der Waals surface area contributed by atoms with Crippen molar-refractivity contribution < 1.29 is 0 Å². The standard InChI is InChI=1S/C30H39NS/c1-8-11-12-24-16-25(14-13-20(24)6)28-18-29(32)31-21(7)30(28)27-17-26(19(4)5)22(9-2)15-23(27)10-3/h9-10,13-17,19,21,28,30H,2-3,8,11-12,18H2,1,4-7H3,(H,31,32). The molecule has 1 aliphatic rings. The molecule has 1 aliphatic heterocycles. The Labute approximate surface area is 201 Å². The number of unbranched alkanes of at least 4 members (excludes halogenated alkanes) is 1. The molecule has 3 rings (SSSR count). The van der Waals surface area contributed by atoms with Crippen LogP contribution in [0.15, 0.2) is 43.5 Å². The molecule has 0 aliphatic carbocycles. The Morgan fingerprint density at radius 2 is 1.84 bits per heavy atom. The molecular weight excluding hydrogens is 406 g/mol. The molecular formula is C30H39NS. The highest BCUT2D eigenvalue weighted by Gasteiger charge is 2.36. The van der Waals surface area contributed by atoms with Gasteiger partial charge >= 0.3 is 0 Å². The van der Waals surface area contributed by atoms with Crippen molar-refractivity contribution in [3.8, 4) is 0 Å². The third-order valence-corrected chi connectivity index (χ3v) is 7.36. The molecule has 2 heteroatoms. The van der Waals surface area contributed by atoms with Gasteiger partial charge in [0, 0.05) is 18.4 Å². The largest absolute Gasteiger partial charge is 0.377 e. The first-order valence-electron chi connectivity index (χ1n) is 12.1. The molecule has 0 aromatic heterocycles. The Balaban J connectivity index is 2.15. The predicted octanol–water partition coefficient (Wildman–Crippen LogP) is 8.32. The van der Waals surface area contributed by atoms with Crippen molar-refractivity contribution in [2.45, 2.75) is 84.1 Å². The predicted molar refractivity (Wildman–Crippen MR) is 146 cm³/mol. The van der Waals surface area contributed by atoms with Crippen LogP contribution in [-0.2, 0) is 6.42 Å². The first-order chi connectivity index (χ1) is 15.3. The van der Waals surface area contributed by atoms with Crippen molar-refractivity contribution >= 4 is 29.4 Å².